The standard InChI is InChI=1S/C9H15N3OS/c1-7-5-12(2-3-14-7)6-8-4-11-9(10)13-8/h4,7H,2-3,5-6H2,1H3,(H2,10,11). The first-order chi connectivity index (χ1) is 6.74. The predicted octanol–water partition coefficient (Wildman–Crippen LogP) is 1.19. The van der Waals surface area contributed by atoms with Gasteiger partial charge in [-0.05, 0) is 0 Å². The fraction of sp³-hybridized carbons (Fsp3) is 0.667. The zero-order valence-electron chi connectivity index (χ0n) is 8.27. The van der Waals surface area contributed by atoms with Crippen molar-refractivity contribution < 1.29 is 4.42 Å². The molecule has 1 aliphatic rings. The fourth-order valence-electron chi connectivity index (χ4n) is 1.65. The van der Waals surface area contributed by atoms with E-state index < -0.39 is 0 Å². The van der Waals surface area contributed by atoms with Crippen molar-refractivity contribution in [1.82, 2.24) is 9.88 Å². The van der Waals surface area contributed by atoms with Gasteiger partial charge < -0.3 is 10.2 Å². The highest BCUT2D eigenvalue weighted by Gasteiger charge is 2.17. The summed E-state index contributed by atoms with van der Waals surface area (Å²) in [5.41, 5.74) is 5.41. The third-order valence-electron chi connectivity index (χ3n) is 2.28. The van der Waals surface area contributed by atoms with Crippen LogP contribution in [0.5, 0.6) is 0 Å². The summed E-state index contributed by atoms with van der Waals surface area (Å²) in [5.74, 6) is 2.06. The molecule has 1 aromatic rings. The van der Waals surface area contributed by atoms with Gasteiger partial charge in [-0.3, -0.25) is 4.90 Å². The lowest BCUT2D eigenvalue weighted by atomic mass is 10.3. The van der Waals surface area contributed by atoms with Crippen molar-refractivity contribution in [2.45, 2.75) is 18.7 Å². The number of aromatic nitrogens is 1. The molecule has 0 spiro atoms. The maximum Gasteiger partial charge on any atom is 0.292 e. The lowest BCUT2D eigenvalue weighted by molar-refractivity contribution is 0.256. The van der Waals surface area contributed by atoms with Gasteiger partial charge in [0.2, 0.25) is 0 Å². The van der Waals surface area contributed by atoms with Gasteiger partial charge in [-0.2, -0.15) is 11.8 Å². The number of thioether (sulfide) groups is 1. The van der Waals surface area contributed by atoms with Crippen molar-refractivity contribution >= 4 is 17.8 Å². The molecule has 2 N–H and O–H groups in total. The third-order valence-corrected chi connectivity index (χ3v) is 3.41. The Balaban J connectivity index is 1.90. The van der Waals surface area contributed by atoms with Crippen molar-refractivity contribution in [2.24, 2.45) is 0 Å². The highest BCUT2D eigenvalue weighted by molar-refractivity contribution is 7.99. The van der Waals surface area contributed by atoms with Crippen LogP contribution < -0.4 is 5.73 Å². The Morgan fingerprint density at radius 2 is 2.64 bits per heavy atom. The van der Waals surface area contributed by atoms with E-state index in [0.29, 0.717) is 5.25 Å². The quantitative estimate of drug-likeness (QED) is 0.800. The maximum absolute atomic E-state index is 5.41. The SMILES string of the molecule is CC1CN(Cc2cnc(N)o2)CCS1. The van der Waals surface area contributed by atoms with Crippen LogP contribution in [0.3, 0.4) is 0 Å². The summed E-state index contributed by atoms with van der Waals surface area (Å²) < 4.78 is 5.24. The van der Waals surface area contributed by atoms with Gasteiger partial charge in [0.05, 0.1) is 12.7 Å². The van der Waals surface area contributed by atoms with E-state index in [2.05, 4.69) is 16.8 Å². The van der Waals surface area contributed by atoms with E-state index in [-0.39, 0.29) is 6.01 Å². The molecule has 1 fully saturated rings. The van der Waals surface area contributed by atoms with Gasteiger partial charge in [-0.1, -0.05) is 6.92 Å². The molecule has 1 saturated heterocycles. The number of anilines is 1. The van der Waals surface area contributed by atoms with E-state index in [4.69, 9.17) is 10.2 Å². The number of nitrogens with two attached hydrogens (primary N) is 1. The zero-order chi connectivity index (χ0) is 9.97. The van der Waals surface area contributed by atoms with Gasteiger partial charge >= 0.3 is 0 Å². The monoisotopic (exact) mass is 213 g/mol. The number of rotatable bonds is 2. The number of nitrogen functional groups attached to an aromatic ring is 1. The second-order valence-electron chi connectivity index (χ2n) is 3.58. The molecular weight excluding hydrogens is 198 g/mol. The van der Waals surface area contributed by atoms with E-state index in [1.807, 2.05) is 11.8 Å². The van der Waals surface area contributed by atoms with Crippen molar-refractivity contribution in [3.8, 4) is 0 Å². The first-order valence-electron chi connectivity index (χ1n) is 4.78. The molecule has 0 saturated carbocycles. The van der Waals surface area contributed by atoms with E-state index in [1.165, 1.54) is 5.75 Å². The molecule has 1 unspecified atom stereocenters. The normalized spacial score (nSPS) is 23.9. The lowest BCUT2D eigenvalue weighted by Crippen LogP contribution is -2.35. The minimum Gasteiger partial charge on any atom is -0.428 e. The van der Waals surface area contributed by atoms with Crippen LogP contribution in [0.4, 0.5) is 6.01 Å². The molecule has 2 rings (SSSR count). The molecule has 1 aliphatic heterocycles. The summed E-state index contributed by atoms with van der Waals surface area (Å²) in [7, 11) is 0. The van der Waals surface area contributed by atoms with Crippen LogP contribution in [-0.4, -0.2) is 34.0 Å². The molecule has 2 heterocycles. The van der Waals surface area contributed by atoms with E-state index in [9.17, 15) is 0 Å². The Labute approximate surface area is 87.9 Å². The molecule has 0 aliphatic carbocycles. The smallest absolute Gasteiger partial charge is 0.292 e. The Morgan fingerprint density at radius 1 is 1.79 bits per heavy atom. The largest absolute Gasteiger partial charge is 0.428 e. The minimum atomic E-state index is 0.263. The summed E-state index contributed by atoms with van der Waals surface area (Å²) in [4.78, 5) is 6.26. The molecule has 1 aromatic heterocycles. The number of hydrogen-bond acceptors (Lipinski definition) is 5. The Hall–Kier alpha value is -0.680. The molecular formula is C9H15N3OS. The topological polar surface area (TPSA) is 55.3 Å². The Bertz CT molecular complexity index is 302. The molecule has 0 bridgehead atoms. The second-order valence-corrected chi connectivity index (χ2v) is 5.13. The van der Waals surface area contributed by atoms with Gasteiger partial charge in [0.15, 0.2) is 0 Å². The lowest BCUT2D eigenvalue weighted by Gasteiger charge is -2.29. The van der Waals surface area contributed by atoms with Gasteiger partial charge in [-0.15, -0.1) is 0 Å². The highest BCUT2D eigenvalue weighted by Crippen LogP contribution is 2.19. The highest BCUT2D eigenvalue weighted by atomic mass is 32.2. The van der Waals surface area contributed by atoms with Crippen LogP contribution in [0.1, 0.15) is 12.7 Å². The first kappa shape index (κ1) is 9.86. The minimum absolute atomic E-state index is 0.263. The van der Waals surface area contributed by atoms with Gasteiger partial charge in [0.25, 0.3) is 6.01 Å². The summed E-state index contributed by atoms with van der Waals surface area (Å²) >= 11 is 2.02. The molecule has 0 radical (unpaired) electrons. The molecule has 14 heavy (non-hydrogen) atoms. The molecule has 0 aromatic carbocycles. The van der Waals surface area contributed by atoms with Gasteiger partial charge in [0.1, 0.15) is 5.76 Å². The predicted molar refractivity (Wildman–Crippen MR) is 58.1 cm³/mol. The number of nitrogens with zero attached hydrogens (tertiary/aromatic N) is 2. The molecule has 0 amide bonds. The van der Waals surface area contributed by atoms with Crippen LogP contribution in [-0.2, 0) is 6.54 Å². The average Bonchev–Trinajstić information content (AvgIpc) is 2.51. The van der Waals surface area contributed by atoms with E-state index >= 15 is 0 Å². The third kappa shape index (κ3) is 2.42. The summed E-state index contributed by atoms with van der Waals surface area (Å²) in [5, 5.41) is 0.712. The zero-order valence-corrected chi connectivity index (χ0v) is 9.09. The van der Waals surface area contributed by atoms with Crippen LogP contribution in [0.15, 0.2) is 10.6 Å². The van der Waals surface area contributed by atoms with E-state index in [0.717, 1.165) is 25.4 Å². The molecule has 78 valence electrons. The maximum atomic E-state index is 5.41. The molecule has 5 heteroatoms. The molecule has 1 atom stereocenters. The van der Waals surface area contributed by atoms with Crippen LogP contribution in [0.2, 0.25) is 0 Å². The summed E-state index contributed by atoms with van der Waals surface area (Å²) in [6.45, 7) is 5.32. The van der Waals surface area contributed by atoms with Crippen LogP contribution >= 0.6 is 11.8 Å². The summed E-state index contributed by atoms with van der Waals surface area (Å²) in [6.07, 6.45) is 1.71. The molecule has 4 nitrogen and oxygen atoms in total. The number of hydrogen-bond donors (Lipinski definition) is 1. The van der Waals surface area contributed by atoms with Gasteiger partial charge in [-0.25, -0.2) is 4.98 Å². The van der Waals surface area contributed by atoms with Crippen molar-refractivity contribution in [3.63, 3.8) is 0 Å². The Morgan fingerprint density at radius 3 is 3.29 bits per heavy atom. The second kappa shape index (κ2) is 4.23. The average molecular weight is 213 g/mol. The van der Waals surface area contributed by atoms with Crippen LogP contribution in [0, 0.1) is 0 Å². The first-order valence-corrected chi connectivity index (χ1v) is 5.83. The summed E-state index contributed by atoms with van der Waals surface area (Å²) in [6, 6.07) is 0.263. The number of oxazole rings is 1. The van der Waals surface area contributed by atoms with Crippen molar-refractivity contribution in [2.75, 3.05) is 24.6 Å². The van der Waals surface area contributed by atoms with Crippen molar-refractivity contribution in [1.29, 1.82) is 0 Å². The van der Waals surface area contributed by atoms with Crippen molar-refractivity contribution in [3.05, 3.63) is 12.0 Å². The van der Waals surface area contributed by atoms with Crippen LogP contribution in [0.25, 0.3) is 0 Å². The van der Waals surface area contributed by atoms with Gasteiger partial charge in [0, 0.05) is 24.1 Å². The Kier molecular flexibility index (Phi) is 2.98. The van der Waals surface area contributed by atoms with E-state index in [1.54, 1.807) is 6.20 Å². The fourth-order valence-corrected chi connectivity index (χ4v) is 2.73.